The summed E-state index contributed by atoms with van der Waals surface area (Å²) in [4.78, 5) is 21.3. The fraction of sp³-hybridized carbons (Fsp3) is 0.0370. The van der Waals surface area contributed by atoms with Gasteiger partial charge in [-0.2, -0.15) is 0 Å². The van der Waals surface area contributed by atoms with Crippen LogP contribution in [0.1, 0.15) is 22.5 Å². The smallest absolute Gasteiger partial charge is 0.278 e. The van der Waals surface area contributed by atoms with E-state index in [-0.39, 0.29) is 17.1 Å². The predicted molar refractivity (Wildman–Crippen MR) is 129 cm³/mol. The second-order valence-corrected chi connectivity index (χ2v) is 7.77. The van der Waals surface area contributed by atoms with Crippen molar-refractivity contribution in [2.24, 2.45) is 0 Å². The number of imidazole rings is 1. The number of aromatic amines is 1. The number of nitrogens with zero attached hydrogens (tertiary/aromatic N) is 2. The molecular formula is C27H21N3O3. The van der Waals surface area contributed by atoms with E-state index in [1.165, 1.54) is 0 Å². The van der Waals surface area contributed by atoms with Crippen molar-refractivity contribution in [2.45, 2.75) is 6.42 Å². The molecule has 33 heavy (non-hydrogen) atoms. The van der Waals surface area contributed by atoms with Crippen molar-refractivity contribution in [3.8, 4) is 28.6 Å². The predicted octanol–water partition coefficient (Wildman–Crippen LogP) is 4.84. The first-order valence-corrected chi connectivity index (χ1v) is 10.5. The molecule has 0 unspecified atom stereocenters. The lowest BCUT2D eigenvalue weighted by atomic mass is 10.1. The molecular weight excluding hydrogens is 414 g/mol. The number of hydrogen-bond acceptors (Lipinski definition) is 4. The Morgan fingerprint density at radius 3 is 2.21 bits per heavy atom. The molecule has 5 rings (SSSR count). The molecule has 0 amide bonds. The second-order valence-electron chi connectivity index (χ2n) is 7.77. The summed E-state index contributed by atoms with van der Waals surface area (Å²) in [6, 6.07) is 23.4. The van der Waals surface area contributed by atoms with Crippen LogP contribution < -0.4 is 5.56 Å². The van der Waals surface area contributed by atoms with Crippen molar-refractivity contribution in [1.82, 2.24) is 14.5 Å². The largest absolute Gasteiger partial charge is 0.508 e. The number of H-pyrrole nitrogens is 1. The molecule has 162 valence electrons. The number of benzene rings is 3. The van der Waals surface area contributed by atoms with Gasteiger partial charge in [0.25, 0.3) is 5.56 Å². The van der Waals surface area contributed by atoms with Crippen molar-refractivity contribution in [2.75, 3.05) is 0 Å². The fourth-order valence-corrected chi connectivity index (χ4v) is 3.71. The molecule has 0 aliphatic carbocycles. The van der Waals surface area contributed by atoms with Crippen LogP contribution in [0.2, 0.25) is 0 Å². The molecule has 6 nitrogen and oxygen atoms in total. The van der Waals surface area contributed by atoms with E-state index in [0.29, 0.717) is 23.6 Å². The topological polar surface area (TPSA) is 91.1 Å². The van der Waals surface area contributed by atoms with E-state index in [0.717, 1.165) is 22.4 Å². The number of phenols is 2. The van der Waals surface area contributed by atoms with E-state index < -0.39 is 0 Å². The van der Waals surface area contributed by atoms with Gasteiger partial charge in [-0.15, -0.1) is 0 Å². The van der Waals surface area contributed by atoms with Gasteiger partial charge in [0, 0.05) is 12.6 Å². The Balaban J connectivity index is 1.63. The summed E-state index contributed by atoms with van der Waals surface area (Å²) < 4.78 is 1.55. The van der Waals surface area contributed by atoms with Gasteiger partial charge in [-0.3, -0.25) is 9.36 Å². The minimum absolute atomic E-state index is 0.173. The molecule has 0 spiro atoms. The number of rotatable bonds is 5. The van der Waals surface area contributed by atoms with Gasteiger partial charge in [-0.25, -0.2) is 4.98 Å². The lowest BCUT2D eigenvalue weighted by Crippen LogP contribution is -2.17. The maximum absolute atomic E-state index is 13.2. The third-order valence-corrected chi connectivity index (χ3v) is 5.43. The molecule has 3 aromatic carbocycles. The first kappa shape index (κ1) is 20.3. The number of aromatic nitrogens is 3. The van der Waals surface area contributed by atoms with Gasteiger partial charge >= 0.3 is 0 Å². The Bertz CT molecular complexity index is 1450. The third kappa shape index (κ3) is 4.27. The molecule has 6 heteroatoms. The molecule has 0 saturated carbocycles. The van der Waals surface area contributed by atoms with Crippen LogP contribution in [-0.4, -0.2) is 24.7 Å². The molecule has 2 aliphatic heterocycles. The van der Waals surface area contributed by atoms with Crippen molar-refractivity contribution >= 4 is 12.2 Å². The summed E-state index contributed by atoms with van der Waals surface area (Å²) >= 11 is 0. The summed E-state index contributed by atoms with van der Waals surface area (Å²) in [6.45, 7) is 0. The van der Waals surface area contributed by atoms with Crippen molar-refractivity contribution in [3.63, 3.8) is 0 Å². The first-order valence-electron chi connectivity index (χ1n) is 10.5. The van der Waals surface area contributed by atoms with Gasteiger partial charge in [-0.05, 0) is 59.2 Å². The van der Waals surface area contributed by atoms with Crippen LogP contribution in [0.25, 0.3) is 29.2 Å². The van der Waals surface area contributed by atoms with Gasteiger partial charge < -0.3 is 15.2 Å². The monoisotopic (exact) mass is 435 g/mol. The molecule has 3 aromatic rings. The average Bonchev–Trinajstić information content (AvgIpc) is 3.15. The highest BCUT2D eigenvalue weighted by Gasteiger charge is 2.19. The molecule has 2 aliphatic rings. The quantitative estimate of drug-likeness (QED) is 0.368. The summed E-state index contributed by atoms with van der Waals surface area (Å²) in [5, 5.41) is 19.2. The molecule has 3 N–H and O–H groups in total. The van der Waals surface area contributed by atoms with Crippen LogP contribution >= 0.6 is 0 Å². The minimum Gasteiger partial charge on any atom is -0.508 e. The van der Waals surface area contributed by atoms with Crippen molar-refractivity contribution < 1.29 is 10.2 Å². The van der Waals surface area contributed by atoms with Crippen LogP contribution in [0.5, 0.6) is 11.5 Å². The number of aromatic hydroxyl groups is 2. The Labute approximate surface area is 190 Å². The van der Waals surface area contributed by atoms with Crippen LogP contribution in [0.4, 0.5) is 0 Å². The molecule has 0 fully saturated rings. The van der Waals surface area contributed by atoms with Crippen LogP contribution in [-0.2, 0) is 6.42 Å². The Morgan fingerprint density at radius 2 is 1.52 bits per heavy atom. The zero-order valence-corrected chi connectivity index (χ0v) is 17.6. The van der Waals surface area contributed by atoms with E-state index in [9.17, 15) is 15.0 Å². The van der Waals surface area contributed by atoms with Gasteiger partial charge in [-0.1, -0.05) is 48.5 Å². The van der Waals surface area contributed by atoms with Crippen LogP contribution in [0.3, 0.4) is 0 Å². The highest BCUT2D eigenvalue weighted by atomic mass is 16.3. The summed E-state index contributed by atoms with van der Waals surface area (Å²) in [5.41, 5.74) is 4.39. The molecule has 0 saturated heterocycles. The van der Waals surface area contributed by atoms with E-state index in [4.69, 9.17) is 0 Å². The molecule has 0 aromatic heterocycles. The number of fused-ring (bicyclic) bond motifs is 1. The van der Waals surface area contributed by atoms with Crippen LogP contribution in [0.15, 0.2) is 89.9 Å². The normalized spacial score (nSPS) is 11.4. The Morgan fingerprint density at radius 1 is 0.848 bits per heavy atom. The van der Waals surface area contributed by atoms with Gasteiger partial charge in [0.05, 0.1) is 11.4 Å². The van der Waals surface area contributed by atoms with Gasteiger partial charge in [0.15, 0.2) is 5.82 Å². The lowest BCUT2D eigenvalue weighted by Gasteiger charge is -2.11. The SMILES string of the molecule is O=c1c(Cc2ccc(O)cc2)nc2c(/C=C\c3ccccc3)[nH]c(-c3ccc(O)cc3)cn1-2. The standard InChI is InChI=1S/C27H21N3O3/c31-21-11-6-19(7-12-21)16-24-27(33)30-17-25(20-9-13-22(32)14-10-20)28-23(26(30)29-24)15-8-18-4-2-1-3-5-18/h1-15,17,28,31-32H,16H2/b15-8-. The Kier molecular flexibility index (Phi) is 5.24. The maximum Gasteiger partial charge on any atom is 0.278 e. The number of nitrogens with one attached hydrogen (secondary N) is 1. The first-order chi connectivity index (χ1) is 16.1. The Hall–Kier alpha value is -4.58. The fourth-order valence-electron chi connectivity index (χ4n) is 3.71. The zero-order valence-electron chi connectivity index (χ0n) is 17.6. The maximum atomic E-state index is 13.2. The molecule has 0 atom stereocenters. The number of hydrogen-bond donors (Lipinski definition) is 3. The number of phenolic OH excluding ortho intramolecular Hbond substituents is 2. The van der Waals surface area contributed by atoms with Crippen molar-refractivity contribution in [1.29, 1.82) is 0 Å². The molecule has 0 radical (unpaired) electrons. The van der Waals surface area contributed by atoms with E-state index >= 15 is 0 Å². The highest BCUT2D eigenvalue weighted by molar-refractivity contribution is 5.73. The lowest BCUT2D eigenvalue weighted by molar-refractivity contribution is 0.474. The minimum atomic E-state index is -0.193. The molecule has 0 bridgehead atoms. The van der Waals surface area contributed by atoms with E-state index in [2.05, 4.69) is 9.97 Å². The van der Waals surface area contributed by atoms with E-state index in [1.807, 2.05) is 42.5 Å². The van der Waals surface area contributed by atoms with E-state index in [1.54, 1.807) is 59.3 Å². The third-order valence-electron chi connectivity index (χ3n) is 5.43. The highest BCUT2D eigenvalue weighted by Crippen LogP contribution is 2.25. The summed E-state index contributed by atoms with van der Waals surface area (Å²) in [5.74, 6) is 0.883. The van der Waals surface area contributed by atoms with Gasteiger partial charge in [0.1, 0.15) is 17.2 Å². The zero-order chi connectivity index (χ0) is 22.8. The van der Waals surface area contributed by atoms with Gasteiger partial charge in [0.2, 0.25) is 0 Å². The van der Waals surface area contributed by atoms with Crippen LogP contribution in [0, 0.1) is 0 Å². The van der Waals surface area contributed by atoms with Crippen molar-refractivity contribution in [3.05, 3.63) is 118 Å². The summed E-state index contributed by atoms with van der Waals surface area (Å²) in [7, 11) is 0. The molecule has 2 heterocycles. The summed E-state index contributed by atoms with van der Waals surface area (Å²) in [6.07, 6.45) is 5.96. The second kappa shape index (κ2) is 8.51. The average molecular weight is 435 g/mol.